The van der Waals surface area contributed by atoms with E-state index in [1.165, 1.54) is 17.6 Å². The lowest BCUT2D eigenvalue weighted by Crippen LogP contribution is -2.15. The third kappa shape index (κ3) is 2.35. The zero-order chi connectivity index (χ0) is 15.9. The first-order chi connectivity index (χ1) is 10.4. The van der Waals surface area contributed by atoms with Gasteiger partial charge in [-0.3, -0.25) is 0 Å². The van der Waals surface area contributed by atoms with Gasteiger partial charge in [-0.05, 0) is 29.6 Å². The van der Waals surface area contributed by atoms with Crippen LogP contribution in [0.1, 0.15) is 16.6 Å². The van der Waals surface area contributed by atoms with Crippen LogP contribution in [0.5, 0.6) is 0 Å². The van der Waals surface area contributed by atoms with Gasteiger partial charge < -0.3 is 4.98 Å². The smallest absolute Gasteiger partial charge is 0.361 e. The van der Waals surface area contributed by atoms with E-state index in [2.05, 4.69) is 4.98 Å². The number of hydrogen-bond donors (Lipinski definition) is 1. The highest BCUT2D eigenvalue weighted by atomic mass is 32.1. The van der Waals surface area contributed by atoms with E-state index in [1.807, 2.05) is 6.07 Å². The molecule has 3 aromatic rings. The summed E-state index contributed by atoms with van der Waals surface area (Å²) in [6, 6.07) is 8.28. The number of aromatic nitrogens is 1. The van der Waals surface area contributed by atoms with Gasteiger partial charge in [0.2, 0.25) is 6.17 Å². The van der Waals surface area contributed by atoms with Crippen LogP contribution in [-0.4, -0.2) is 11.2 Å². The van der Waals surface area contributed by atoms with E-state index >= 15 is 0 Å². The minimum Gasteiger partial charge on any atom is -0.361 e. The van der Waals surface area contributed by atoms with Gasteiger partial charge in [0.1, 0.15) is 0 Å². The second-order valence-electron chi connectivity index (χ2n) is 4.68. The zero-order valence-corrected chi connectivity index (χ0v) is 11.7. The molecule has 0 bridgehead atoms. The molecule has 2 nitrogen and oxygen atoms in total. The number of benzene rings is 1. The van der Waals surface area contributed by atoms with E-state index in [9.17, 15) is 17.6 Å². The van der Waals surface area contributed by atoms with E-state index in [0.717, 1.165) is 11.3 Å². The standard InChI is InChI=1S/C15H8F4N2S/c16-14(15(17,18)19)13-9(3-4-22-13)11-7-21-12-2-1-8(6-20)5-10(11)12/h1-5,7,14,21H. The maximum atomic E-state index is 13.7. The summed E-state index contributed by atoms with van der Waals surface area (Å²) in [4.78, 5) is 2.55. The first-order valence-corrected chi connectivity index (χ1v) is 7.09. The average Bonchev–Trinajstić information content (AvgIpc) is 3.10. The van der Waals surface area contributed by atoms with Crippen molar-refractivity contribution in [3.8, 4) is 17.2 Å². The summed E-state index contributed by atoms with van der Waals surface area (Å²) in [5, 5.41) is 11.0. The van der Waals surface area contributed by atoms with Gasteiger partial charge in [-0.25, -0.2) is 4.39 Å². The Morgan fingerprint density at radius 3 is 2.64 bits per heavy atom. The summed E-state index contributed by atoms with van der Waals surface area (Å²) in [6.45, 7) is 0. The molecular weight excluding hydrogens is 316 g/mol. The Bertz CT molecular complexity index is 870. The summed E-state index contributed by atoms with van der Waals surface area (Å²) in [5.74, 6) is 0. The number of halogens is 4. The molecule has 0 aliphatic heterocycles. The zero-order valence-electron chi connectivity index (χ0n) is 10.9. The van der Waals surface area contributed by atoms with Crippen LogP contribution in [0, 0.1) is 11.3 Å². The van der Waals surface area contributed by atoms with Crippen LogP contribution in [0.25, 0.3) is 22.0 Å². The minimum atomic E-state index is -4.94. The summed E-state index contributed by atoms with van der Waals surface area (Å²) in [5.41, 5.74) is 1.71. The molecule has 2 aromatic heterocycles. The highest BCUT2D eigenvalue weighted by Gasteiger charge is 2.43. The lowest BCUT2D eigenvalue weighted by molar-refractivity contribution is -0.181. The molecule has 0 amide bonds. The van der Waals surface area contributed by atoms with Crippen molar-refractivity contribution in [3.05, 3.63) is 46.3 Å². The lowest BCUT2D eigenvalue weighted by Gasteiger charge is -2.12. The topological polar surface area (TPSA) is 39.6 Å². The Labute approximate surface area is 126 Å². The van der Waals surface area contributed by atoms with Crippen LogP contribution in [0.3, 0.4) is 0 Å². The van der Waals surface area contributed by atoms with E-state index in [0.29, 0.717) is 22.0 Å². The van der Waals surface area contributed by atoms with Crippen molar-refractivity contribution in [3.63, 3.8) is 0 Å². The van der Waals surface area contributed by atoms with E-state index in [1.54, 1.807) is 18.2 Å². The largest absolute Gasteiger partial charge is 0.424 e. The first kappa shape index (κ1) is 14.6. The maximum absolute atomic E-state index is 13.7. The third-order valence-electron chi connectivity index (χ3n) is 3.31. The monoisotopic (exact) mass is 324 g/mol. The van der Waals surface area contributed by atoms with Gasteiger partial charge in [-0.2, -0.15) is 18.4 Å². The lowest BCUT2D eigenvalue weighted by atomic mass is 10.0. The Kier molecular flexibility index (Phi) is 3.41. The molecule has 0 spiro atoms. The molecule has 2 heterocycles. The number of hydrogen-bond acceptors (Lipinski definition) is 2. The van der Waals surface area contributed by atoms with Crippen LogP contribution in [0.4, 0.5) is 17.6 Å². The predicted octanol–water partition coefficient (Wildman–Crippen LogP) is 5.34. The fourth-order valence-corrected chi connectivity index (χ4v) is 3.21. The second kappa shape index (κ2) is 5.14. The van der Waals surface area contributed by atoms with Gasteiger partial charge >= 0.3 is 6.18 Å². The molecule has 1 aromatic carbocycles. The number of alkyl halides is 4. The van der Waals surface area contributed by atoms with Crippen LogP contribution >= 0.6 is 11.3 Å². The average molecular weight is 324 g/mol. The van der Waals surface area contributed by atoms with Gasteiger partial charge in [-0.1, -0.05) is 0 Å². The van der Waals surface area contributed by atoms with Gasteiger partial charge in [-0.15, -0.1) is 11.3 Å². The van der Waals surface area contributed by atoms with Crippen LogP contribution in [0.2, 0.25) is 0 Å². The molecule has 0 fully saturated rings. The number of aromatic amines is 1. The number of rotatable bonds is 2. The molecule has 0 aliphatic rings. The van der Waals surface area contributed by atoms with Gasteiger partial charge in [0.15, 0.2) is 0 Å². The Morgan fingerprint density at radius 2 is 1.95 bits per heavy atom. The van der Waals surface area contributed by atoms with Crippen molar-refractivity contribution in [1.29, 1.82) is 5.26 Å². The predicted molar refractivity (Wildman–Crippen MR) is 76.2 cm³/mol. The highest BCUT2D eigenvalue weighted by molar-refractivity contribution is 7.10. The molecule has 0 aliphatic carbocycles. The maximum Gasteiger partial charge on any atom is 0.424 e. The van der Waals surface area contributed by atoms with Crippen molar-refractivity contribution >= 4 is 22.2 Å². The number of nitrogens with zero attached hydrogens (tertiary/aromatic N) is 1. The van der Waals surface area contributed by atoms with Crippen LogP contribution in [-0.2, 0) is 0 Å². The van der Waals surface area contributed by atoms with E-state index < -0.39 is 12.3 Å². The molecule has 7 heteroatoms. The number of thiophene rings is 1. The quantitative estimate of drug-likeness (QED) is 0.635. The molecule has 0 radical (unpaired) electrons. The molecule has 1 N–H and O–H groups in total. The summed E-state index contributed by atoms with van der Waals surface area (Å²) in [6.07, 6.45) is -6.43. The molecule has 0 saturated heterocycles. The number of nitrogens with one attached hydrogen (secondary N) is 1. The molecule has 3 rings (SSSR count). The van der Waals surface area contributed by atoms with E-state index in [4.69, 9.17) is 5.26 Å². The van der Waals surface area contributed by atoms with Crippen molar-refractivity contribution in [2.75, 3.05) is 0 Å². The van der Waals surface area contributed by atoms with E-state index in [-0.39, 0.29) is 10.4 Å². The van der Waals surface area contributed by atoms with Gasteiger partial charge in [0, 0.05) is 28.2 Å². The van der Waals surface area contributed by atoms with Crippen molar-refractivity contribution in [2.45, 2.75) is 12.3 Å². The summed E-state index contributed by atoms with van der Waals surface area (Å²) < 4.78 is 51.6. The number of H-pyrrole nitrogens is 1. The Balaban J connectivity index is 2.18. The summed E-state index contributed by atoms with van der Waals surface area (Å²) in [7, 11) is 0. The fraction of sp³-hybridized carbons (Fsp3) is 0.133. The van der Waals surface area contributed by atoms with Crippen molar-refractivity contribution < 1.29 is 17.6 Å². The first-order valence-electron chi connectivity index (χ1n) is 6.21. The summed E-state index contributed by atoms with van der Waals surface area (Å²) >= 11 is 0.727. The molecule has 112 valence electrons. The molecule has 22 heavy (non-hydrogen) atoms. The fourth-order valence-electron chi connectivity index (χ4n) is 2.30. The Hall–Kier alpha value is -2.33. The minimum absolute atomic E-state index is 0.191. The van der Waals surface area contributed by atoms with Crippen LogP contribution in [0.15, 0.2) is 35.8 Å². The molecule has 1 atom stereocenters. The van der Waals surface area contributed by atoms with Crippen molar-refractivity contribution in [2.24, 2.45) is 0 Å². The molecule has 1 unspecified atom stereocenters. The number of nitriles is 1. The van der Waals surface area contributed by atoms with Gasteiger partial charge in [0.05, 0.1) is 16.5 Å². The van der Waals surface area contributed by atoms with Gasteiger partial charge in [0.25, 0.3) is 0 Å². The molecular formula is C15H8F4N2S. The number of fused-ring (bicyclic) bond motifs is 1. The second-order valence-corrected chi connectivity index (χ2v) is 5.62. The molecule has 0 saturated carbocycles. The Morgan fingerprint density at radius 1 is 1.18 bits per heavy atom. The van der Waals surface area contributed by atoms with Crippen molar-refractivity contribution in [1.82, 2.24) is 4.98 Å². The van der Waals surface area contributed by atoms with Crippen LogP contribution < -0.4 is 0 Å². The highest BCUT2D eigenvalue weighted by Crippen LogP contribution is 2.44. The normalized spacial score (nSPS) is 13.2. The third-order valence-corrected chi connectivity index (χ3v) is 4.27. The SMILES string of the molecule is N#Cc1ccc2[nH]cc(-c3ccsc3C(F)C(F)(F)F)c2c1.